The minimum atomic E-state index is -4.02. The van der Waals surface area contributed by atoms with E-state index in [2.05, 4.69) is 5.32 Å². The van der Waals surface area contributed by atoms with Gasteiger partial charge in [-0.25, -0.2) is 8.42 Å². The molecule has 0 saturated carbocycles. The molecule has 0 bridgehead atoms. The lowest BCUT2D eigenvalue weighted by Crippen LogP contribution is -2.41. The van der Waals surface area contributed by atoms with Crippen molar-refractivity contribution >= 4 is 21.6 Å². The van der Waals surface area contributed by atoms with E-state index in [1.54, 1.807) is 30.3 Å². The van der Waals surface area contributed by atoms with Crippen molar-refractivity contribution in [1.82, 2.24) is 5.32 Å². The van der Waals surface area contributed by atoms with Gasteiger partial charge < -0.3 is 19.5 Å². The van der Waals surface area contributed by atoms with Crippen LogP contribution >= 0.6 is 0 Å². The second-order valence-corrected chi connectivity index (χ2v) is 8.36. The summed E-state index contributed by atoms with van der Waals surface area (Å²) in [5.41, 5.74) is 1.38. The monoisotopic (exact) mass is 420 g/mol. The summed E-state index contributed by atoms with van der Waals surface area (Å²) in [6.07, 6.45) is 0. The first-order valence-corrected chi connectivity index (χ1v) is 10.6. The van der Waals surface area contributed by atoms with Crippen molar-refractivity contribution in [3.63, 3.8) is 0 Å². The Morgan fingerprint density at radius 2 is 1.79 bits per heavy atom. The molecule has 9 heteroatoms. The van der Waals surface area contributed by atoms with Crippen molar-refractivity contribution in [3.8, 4) is 11.5 Å². The van der Waals surface area contributed by atoms with E-state index in [1.807, 2.05) is 6.92 Å². The van der Waals surface area contributed by atoms with Gasteiger partial charge in [-0.15, -0.1) is 0 Å². The average Bonchev–Trinajstić information content (AvgIpc) is 2.72. The van der Waals surface area contributed by atoms with Gasteiger partial charge in [0.05, 0.1) is 17.2 Å². The second-order valence-electron chi connectivity index (χ2n) is 6.50. The van der Waals surface area contributed by atoms with E-state index in [1.165, 1.54) is 19.2 Å². The number of methoxy groups -OCH3 is 1. The van der Waals surface area contributed by atoms with Crippen LogP contribution in [0, 0.1) is 6.92 Å². The number of aryl methyl sites for hydroxylation is 1. The molecule has 3 rings (SSSR count). The number of anilines is 1. The van der Waals surface area contributed by atoms with Gasteiger partial charge >= 0.3 is 0 Å². The summed E-state index contributed by atoms with van der Waals surface area (Å²) < 4.78 is 43.7. The molecule has 1 N–H and O–H groups in total. The van der Waals surface area contributed by atoms with Crippen LogP contribution in [0.15, 0.2) is 47.4 Å². The van der Waals surface area contributed by atoms with Crippen LogP contribution in [0.4, 0.5) is 5.69 Å². The summed E-state index contributed by atoms with van der Waals surface area (Å²) in [6, 6.07) is 11.4. The highest BCUT2D eigenvalue weighted by molar-refractivity contribution is 7.92. The quantitative estimate of drug-likeness (QED) is 0.654. The minimum absolute atomic E-state index is 0.0204. The molecule has 1 aliphatic rings. The lowest BCUT2D eigenvalue weighted by molar-refractivity contribution is -0.119. The first kappa shape index (κ1) is 20.9. The van der Waals surface area contributed by atoms with Gasteiger partial charge in [0, 0.05) is 19.7 Å². The van der Waals surface area contributed by atoms with Gasteiger partial charge in [0.25, 0.3) is 10.0 Å². The van der Waals surface area contributed by atoms with Crippen LogP contribution < -0.4 is 19.1 Å². The number of hydrogen-bond acceptors (Lipinski definition) is 6. The molecule has 8 nitrogen and oxygen atoms in total. The highest BCUT2D eigenvalue weighted by Crippen LogP contribution is 2.34. The molecule has 0 radical (unpaired) electrons. The maximum Gasteiger partial charge on any atom is 0.264 e. The van der Waals surface area contributed by atoms with Crippen molar-refractivity contribution in [1.29, 1.82) is 0 Å². The average molecular weight is 420 g/mol. The Bertz CT molecular complexity index is 959. The minimum Gasteiger partial charge on any atom is -0.486 e. The number of nitrogens with zero attached hydrogens (tertiary/aromatic N) is 1. The highest BCUT2D eigenvalue weighted by Gasteiger charge is 2.28. The predicted octanol–water partition coefficient (Wildman–Crippen LogP) is 1.72. The Hall–Kier alpha value is -2.78. The van der Waals surface area contributed by atoms with Gasteiger partial charge in [-0.05, 0) is 31.2 Å². The third-order valence-corrected chi connectivity index (χ3v) is 6.11. The van der Waals surface area contributed by atoms with Crippen LogP contribution in [-0.4, -0.2) is 54.3 Å². The fourth-order valence-corrected chi connectivity index (χ4v) is 4.25. The van der Waals surface area contributed by atoms with Gasteiger partial charge in [0.15, 0.2) is 11.5 Å². The number of ether oxygens (including phenoxy) is 3. The number of carbonyl (C=O) groups is 1. The van der Waals surface area contributed by atoms with Crippen LogP contribution in [-0.2, 0) is 19.6 Å². The zero-order chi connectivity index (χ0) is 20.9. The molecule has 2 aromatic carbocycles. The molecule has 2 aromatic rings. The molecule has 1 aliphatic heterocycles. The van der Waals surface area contributed by atoms with Gasteiger partial charge in [0.1, 0.15) is 19.8 Å². The summed E-state index contributed by atoms with van der Waals surface area (Å²) in [5.74, 6) is 0.434. The fourth-order valence-electron chi connectivity index (χ4n) is 2.82. The van der Waals surface area contributed by atoms with Crippen LogP contribution in [0.2, 0.25) is 0 Å². The predicted molar refractivity (Wildman–Crippen MR) is 108 cm³/mol. The summed E-state index contributed by atoms with van der Waals surface area (Å²) in [7, 11) is -2.50. The Morgan fingerprint density at radius 1 is 1.10 bits per heavy atom. The molecule has 1 heterocycles. The first-order valence-electron chi connectivity index (χ1n) is 9.16. The summed E-state index contributed by atoms with van der Waals surface area (Å²) in [6.45, 7) is 2.94. The number of nitrogens with one attached hydrogen (secondary N) is 1. The van der Waals surface area contributed by atoms with Crippen LogP contribution in [0.3, 0.4) is 0 Å². The molecule has 0 aliphatic carbocycles. The van der Waals surface area contributed by atoms with Crippen molar-refractivity contribution < 1.29 is 27.4 Å². The van der Waals surface area contributed by atoms with Crippen molar-refractivity contribution in [2.45, 2.75) is 11.8 Å². The van der Waals surface area contributed by atoms with Crippen LogP contribution in [0.25, 0.3) is 0 Å². The molecule has 0 atom stereocenters. The van der Waals surface area contributed by atoms with Gasteiger partial charge in [-0.1, -0.05) is 17.7 Å². The zero-order valence-electron chi connectivity index (χ0n) is 16.4. The Labute approximate surface area is 170 Å². The van der Waals surface area contributed by atoms with Gasteiger partial charge in [0.2, 0.25) is 5.91 Å². The SMILES string of the molecule is COCCNC(=O)CN(c1ccc(C)cc1)S(=O)(=O)c1ccc2c(c1)OCCO2. The molecule has 0 aromatic heterocycles. The largest absolute Gasteiger partial charge is 0.486 e. The molecule has 29 heavy (non-hydrogen) atoms. The number of amides is 1. The smallest absolute Gasteiger partial charge is 0.264 e. The molecule has 0 fully saturated rings. The van der Waals surface area contributed by atoms with Crippen LogP contribution in [0.5, 0.6) is 11.5 Å². The molecule has 0 saturated heterocycles. The number of carbonyl (C=O) groups excluding carboxylic acids is 1. The normalized spacial score (nSPS) is 13.0. The van der Waals surface area contributed by atoms with Crippen molar-refractivity contribution in [2.75, 3.05) is 44.3 Å². The maximum atomic E-state index is 13.4. The Balaban J connectivity index is 1.93. The number of hydrogen-bond donors (Lipinski definition) is 1. The van der Waals surface area contributed by atoms with Gasteiger partial charge in [-0.2, -0.15) is 0 Å². The Morgan fingerprint density at radius 3 is 2.48 bits per heavy atom. The van der Waals surface area contributed by atoms with E-state index in [4.69, 9.17) is 14.2 Å². The van der Waals surface area contributed by atoms with Crippen molar-refractivity contribution in [3.05, 3.63) is 48.0 Å². The number of fused-ring (bicyclic) bond motifs is 1. The van der Waals surface area contributed by atoms with Crippen molar-refractivity contribution in [2.24, 2.45) is 0 Å². The Kier molecular flexibility index (Phi) is 6.60. The molecule has 0 spiro atoms. The molecule has 156 valence electrons. The van der Waals surface area contributed by atoms with E-state index in [-0.39, 0.29) is 11.4 Å². The maximum absolute atomic E-state index is 13.4. The standard InChI is InChI=1S/C20H24N2O6S/c1-15-3-5-16(6-4-15)22(14-20(23)21-9-10-26-2)29(24,25)17-7-8-18-19(13-17)28-12-11-27-18/h3-8,13H,9-12,14H2,1-2H3,(H,21,23). The highest BCUT2D eigenvalue weighted by atomic mass is 32.2. The molecule has 1 amide bonds. The zero-order valence-corrected chi connectivity index (χ0v) is 17.2. The van der Waals surface area contributed by atoms with E-state index in [0.29, 0.717) is 43.6 Å². The van der Waals surface area contributed by atoms with Crippen LogP contribution in [0.1, 0.15) is 5.56 Å². The molecule has 0 unspecified atom stereocenters. The van der Waals surface area contributed by atoms with E-state index < -0.39 is 15.9 Å². The molecular weight excluding hydrogens is 396 g/mol. The number of rotatable bonds is 8. The first-order chi connectivity index (χ1) is 13.9. The van der Waals surface area contributed by atoms with Gasteiger partial charge in [-0.3, -0.25) is 9.10 Å². The van der Waals surface area contributed by atoms with E-state index >= 15 is 0 Å². The summed E-state index contributed by atoms with van der Waals surface area (Å²) in [4.78, 5) is 12.4. The third-order valence-electron chi connectivity index (χ3n) is 4.34. The fraction of sp³-hybridized carbons (Fsp3) is 0.350. The molecular formula is C20H24N2O6S. The lowest BCUT2D eigenvalue weighted by Gasteiger charge is -2.25. The lowest BCUT2D eigenvalue weighted by atomic mass is 10.2. The third kappa shape index (κ3) is 4.99. The second kappa shape index (κ2) is 9.15. The topological polar surface area (TPSA) is 94.2 Å². The number of sulfonamides is 1. The van der Waals surface area contributed by atoms with E-state index in [0.717, 1.165) is 9.87 Å². The number of benzene rings is 2. The summed E-state index contributed by atoms with van der Waals surface area (Å²) >= 11 is 0. The van der Waals surface area contributed by atoms with E-state index in [9.17, 15) is 13.2 Å². The summed E-state index contributed by atoms with van der Waals surface area (Å²) in [5, 5.41) is 2.65.